The zero-order valence-corrected chi connectivity index (χ0v) is 7.24. The summed E-state index contributed by atoms with van der Waals surface area (Å²) in [5, 5.41) is 0. The number of carbonyl (C=O) groups excluding carboxylic acids is 1. The molecule has 2 rings (SSSR count). The fourth-order valence-electron chi connectivity index (χ4n) is 0.663. The van der Waals surface area contributed by atoms with Crippen molar-refractivity contribution in [3.05, 3.63) is 24.3 Å². The number of rotatable bonds is 0. The first-order valence-electron chi connectivity index (χ1n) is 3.68. The zero-order chi connectivity index (χ0) is 9.14. The van der Waals surface area contributed by atoms with E-state index in [2.05, 4.69) is 24.3 Å². The van der Waals surface area contributed by atoms with Crippen LogP contribution in [0.25, 0.3) is 11.1 Å². The molecule has 0 fully saturated rings. The Hall–Kier alpha value is -1.51. The van der Waals surface area contributed by atoms with E-state index in [1.165, 1.54) is 16.0 Å². The molecule has 64 valence electrons. The number of fused-ring (bicyclic) bond motifs is 1. The third kappa shape index (κ3) is 1.75. The molecule has 3 nitrogen and oxygen atoms in total. The summed E-state index contributed by atoms with van der Waals surface area (Å²) >= 11 is 0. The van der Waals surface area contributed by atoms with Crippen molar-refractivity contribution in [1.82, 2.24) is 4.90 Å². The van der Waals surface area contributed by atoms with Crippen LogP contribution in [0.2, 0.25) is 0 Å². The highest BCUT2D eigenvalue weighted by Gasteiger charge is 2.03. The van der Waals surface area contributed by atoms with Gasteiger partial charge < -0.3 is 10.6 Å². The summed E-state index contributed by atoms with van der Waals surface area (Å²) in [6.07, 6.45) is 0. The van der Waals surface area contributed by atoms with Gasteiger partial charge in [0.05, 0.1) is 0 Å². The third-order valence-corrected chi connectivity index (χ3v) is 1.66. The van der Waals surface area contributed by atoms with E-state index in [1.807, 2.05) is 0 Å². The lowest BCUT2D eigenvalue weighted by Gasteiger charge is -2.10. The van der Waals surface area contributed by atoms with Crippen LogP contribution < -0.4 is 5.73 Å². The van der Waals surface area contributed by atoms with Crippen molar-refractivity contribution in [2.45, 2.75) is 0 Å². The van der Waals surface area contributed by atoms with Crippen LogP contribution in [-0.4, -0.2) is 25.0 Å². The highest BCUT2D eigenvalue weighted by molar-refractivity contribution is 5.75. The van der Waals surface area contributed by atoms with Gasteiger partial charge in [0.2, 0.25) is 0 Å². The maximum Gasteiger partial charge on any atom is 0.314 e. The normalized spacial score (nSPS) is 9.50. The van der Waals surface area contributed by atoms with Crippen molar-refractivity contribution < 1.29 is 4.79 Å². The van der Waals surface area contributed by atoms with Crippen molar-refractivity contribution in [2.75, 3.05) is 14.1 Å². The van der Waals surface area contributed by atoms with Gasteiger partial charge in [-0.2, -0.15) is 0 Å². The van der Waals surface area contributed by atoms with E-state index >= 15 is 0 Å². The first-order valence-corrected chi connectivity index (χ1v) is 3.68. The first-order chi connectivity index (χ1) is 5.61. The van der Waals surface area contributed by atoms with Crippen LogP contribution in [0.1, 0.15) is 0 Å². The van der Waals surface area contributed by atoms with Gasteiger partial charge in [0, 0.05) is 14.1 Å². The minimum absolute atomic E-state index is 0.407. The van der Waals surface area contributed by atoms with Gasteiger partial charge in [-0.3, -0.25) is 0 Å². The number of amides is 2. The van der Waals surface area contributed by atoms with Gasteiger partial charge in [0.15, 0.2) is 0 Å². The first kappa shape index (κ1) is 8.59. The number of primary amides is 1. The van der Waals surface area contributed by atoms with E-state index < -0.39 is 6.03 Å². The quantitative estimate of drug-likeness (QED) is 0.626. The maximum atomic E-state index is 9.85. The molecule has 2 aliphatic carbocycles. The minimum Gasteiger partial charge on any atom is -0.352 e. The number of carbonyl (C=O) groups is 1. The Morgan fingerprint density at radius 3 is 1.42 bits per heavy atom. The Bertz CT molecular complexity index is 256. The topological polar surface area (TPSA) is 46.3 Å². The number of nitrogens with two attached hydrogens (primary N) is 1. The van der Waals surface area contributed by atoms with Crippen molar-refractivity contribution in [3.8, 4) is 11.1 Å². The number of hydrogen-bond acceptors (Lipinski definition) is 1. The Kier molecular flexibility index (Phi) is 2.33. The molecule has 2 aliphatic rings. The van der Waals surface area contributed by atoms with Crippen LogP contribution in [0.4, 0.5) is 4.79 Å². The molecule has 0 bridgehead atoms. The molecule has 0 aromatic carbocycles. The molecular weight excluding hydrogens is 152 g/mol. The zero-order valence-electron chi connectivity index (χ0n) is 7.24. The van der Waals surface area contributed by atoms with Gasteiger partial charge in [-0.15, -0.1) is 0 Å². The molecule has 0 spiro atoms. The summed E-state index contributed by atoms with van der Waals surface area (Å²) in [6.45, 7) is 0. The largest absolute Gasteiger partial charge is 0.352 e. The van der Waals surface area contributed by atoms with Crippen LogP contribution in [0, 0.1) is 0 Å². The van der Waals surface area contributed by atoms with Gasteiger partial charge in [-0.25, -0.2) is 4.79 Å². The molecule has 2 amide bonds. The Morgan fingerprint density at radius 1 is 1.17 bits per heavy atom. The van der Waals surface area contributed by atoms with Crippen LogP contribution in [-0.2, 0) is 0 Å². The minimum atomic E-state index is -0.407. The summed E-state index contributed by atoms with van der Waals surface area (Å²) in [4.78, 5) is 11.2. The van der Waals surface area contributed by atoms with Gasteiger partial charge in [-0.1, -0.05) is 24.3 Å². The van der Waals surface area contributed by atoms with Crippen LogP contribution in [0.3, 0.4) is 0 Å². The summed E-state index contributed by atoms with van der Waals surface area (Å²) in [6, 6.07) is 8.07. The highest BCUT2D eigenvalue weighted by atomic mass is 16.2. The summed E-state index contributed by atoms with van der Waals surface area (Å²) in [5.41, 5.74) is 7.57. The second kappa shape index (κ2) is 3.26. The van der Waals surface area contributed by atoms with Crippen molar-refractivity contribution >= 4 is 6.03 Å². The number of hydrogen-bond donors (Lipinski definition) is 1. The third-order valence-electron chi connectivity index (χ3n) is 1.66. The summed E-state index contributed by atoms with van der Waals surface area (Å²) in [5.74, 6) is 0. The van der Waals surface area contributed by atoms with Gasteiger partial charge in [-0.05, 0) is 11.1 Å². The van der Waals surface area contributed by atoms with Crippen molar-refractivity contribution in [2.24, 2.45) is 5.73 Å². The number of nitrogens with zero attached hydrogens (tertiary/aromatic N) is 1. The van der Waals surface area contributed by atoms with Crippen LogP contribution in [0.15, 0.2) is 24.3 Å². The van der Waals surface area contributed by atoms with E-state index in [0.717, 1.165) is 0 Å². The molecule has 2 N–H and O–H groups in total. The van der Waals surface area contributed by atoms with Gasteiger partial charge in [0.1, 0.15) is 0 Å². The lowest BCUT2D eigenvalue weighted by atomic mass is 9.95. The van der Waals surface area contributed by atoms with E-state index in [0.29, 0.717) is 0 Å². The van der Waals surface area contributed by atoms with Crippen molar-refractivity contribution in [3.63, 3.8) is 0 Å². The lowest BCUT2D eigenvalue weighted by molar-refractivity contribution is 0.227. The molecule has 0 radical (unpaired) electrons. The van der Waals surface area contributed by atoms with E-state index in [9.17, 15) is 4.79 Å². The Morgan fingerprint density at radius 2 is 1.42 bits per heavy atom. The van der Waals surface area contributed by atoms with E-state index in [-0.39, 0.29) is 0 Å². The Balaban J connectivity index is 0.000000120. The van der Waals surface area contributed by atoms with Crippen LogP contribution in [0.5, 0.6) is 0 Å². The molecule has 0 saturated carbocycles. The molecule has 3 heteroatoms. The molecule has 0 saturated heterocycles. The predicted molar refractivity (Wildman–Crippen MR) is 48.7 cm³/mol. The lowest BCUT2D eigenvalue weighted by Crippen LogP contribution is -2.27. The molecule has 0 aromatic rings. The average Bonchev–Trinajstić information content (AvgIpc) is 1.97. The second-order valence-corrected chi connectivity index (χ2v) is 2.81. The van der Waals surface area contributed by atoms with E-state index in [1.54, 1.807) is 14.1 Å². The SMILES string of the molecule is CN(C)C(N)=O.c1cc2ccc1-2. The average molecular weight is 164 g/mol. The van der Waals surface area contributed by atoms with Crippen molar-refractivity contribution in [1.29, 1.82) is 0 Å². The molecule has 0 atom stereocenters. The van der Waals surface area contributed by atoms with Crippen LogP contribution >= 0.6 is 0 Å². The Labute approximate surface area is 71.8 Å². The monoisotopic (exact) mass is 164 g/mol. The summed E-state index contributed by atoms with van der Waals surface area (Å²) in [7, 11) is 3.20. The van der Waals surface area contributed by atoms with Gasteiger partial charge >= 0.3 is 6.03 Å². The highest BCUT2D eigenvalue weighted by Crippen LogP contribution is 2.29. The molecule has 0 heterocycles. The number of urea groups is 1. The molecule has 12 heavy (non-hydrogen) atoms. The predicted octanol–water partition coefficient (Wildman–Crippen LogP) is 1.29. The van der Waals surface area contributed by atoms with Gasteiger partial charge in [0.25, 0.3) is 0 Å². The fourth-order valence-corrected chi connectivity index (χ4v) is 0.663. The molecule has 0 aromatic heterocycles. The van der Waals surface area contributed by atoms with E-state index in [4.69, 9.17) is 5.73 Å². The maximum absolute atomic E-state index is 9.85. The summed E-state index contributed by atoms with van der Waals surface area (Å²) < 4.78 is 0. The fraction of sp³-hybridized carbons (Fsp3) is 0.222. The molecule has 0 unspecified atom stereocenters. The second-order valence-electron chi connectivity index (χ2n) is 2.81. The molecular formula is C9H12N2O. The molecule has 0 aliphatic heterocycles. The smallest absolute Gasteiger partial charge is 0.314 e. The number of benzene rings is 1. The standard InChI is InChI=1S/C6H4.C3H8N2O/c1-2-6-4-3-5(1)6;1-5(2)3(4)6/h1-4H;1-2H3,(H2,4,6).